The molecule has 0 aromatic rings. The first-order chi connectivity index (χ1) is 6.77. The summed E-state index contributed by atoms with van der Waals surface area (Å²) >= 11 is 0. The molecule has 0 saturated heterocycles. The molecule has 1 saturated carbocycles. The van der Waals surface area contributed by atoms with Crippen LogP contribution in [-0.4, -0.2) is 26.3 Å². The van der Waals surface area contributed by atoms with E-state index in [1.165, 1.54) is 32.2 Å². The molecule has 84 valence electrons. The van der Waals surface area contributed by atoms with Crippen molar-refractivity contribution in [3.05, 3.63) is 0 Å². The number of ether oxygens (including phenoxy) is 1. The molecule has 2 nitrogen and oxygen atoms in total. The van der Waals surface area contributed by atoms with Gasteiger partial charge in [0.25, 0.3) is 0 Å². The number of methoxy groups -OCH3 is 1. The maximum atomic E-state index is 5.23. The Bertz CT molecular complexity index is 145. The predicted octanol–water partition coefficient (Wildman–Crippen LogP) is 2.44. The van der Waals surface area contributed by atoms with Gasteiger partial charge in [0.15, 0.2) is 0 Å². The summed E-state index contributed by atoms with van der Waals surface area (Å²) in [5.74, 6) is 1.48. The molecule has 0 aromatic heterocycles. The second-order valence-corrected chi connectivity index (χ2v) is 4.66. The Morgan fingerprint density at radius 2 is 2.14 bits per heavy atom. The summed E-state index contributed by atoms with van der Waals surface area (Å²) in [5, 5.41) is 3.63. The van der Waals surface area contributed by atoms with E-state index in [0.29, 0.717) is 5.92 Å². The Kier molecular flexibility index (Phi) is 5.49. The van der Waals surface area contributed by atoms with Crippen molar-refractivity contribution in [3.63, 3.8) is 0 Å². The van der Waals surface area contributed by atoms with Crippen LogP contribution in [0.3, 0.4) is 0 Å². The van der Waals surface area contributed by atoms with Gasteiger partial charge in [-0.25, -0.2) is 0 Å². The van der Waals surface area contributed by atoms with Crippen LogP contribution in [-0.2, 0) is 4.74 Å². The van der Waals surface area contributed by atoms with E-state index < -0.39 is 0 Å². The van der Waals surface area contributed by atoms with Crippen molar-refractivity contribution in [1.82, 2.24) is 5.32 Å². The highest BCUT2D eigenvalue weighted by molar-refractivity contribution is 4.82. The maximum Gasteiger partial charge on any atom is 0.0490 e. The molecule has 1 aliphatic rings. The van der Waals surface area contributed by atoms with E-state index in [1.807, 2.05) is 0 Å². The number of hydrogen-bond acceptors (Lipinski definition) is 2. The van der Waals surface area contributed by atoms with Crippen LogP contribution in [0.5, 0.6) is 0 Å². The molecular formula is C12H25NO. The summed E-state index contributed by atoms with van der Waals surface area (Å²) in [7, 11) is 1.80. The molecule has 0 amide bonds. The smallest absolute Gasteiger partial charge is 0.0490 e. The molecule has 0 heterocycles. The molecule has 2 heteroatoms. The number of nitrogens with one attached hydrogen (secondary N) is 1. The summed E-state index contributed by atoms with van der Waals surface area (Å²) in [6.07, 6.45) is 5.38. The summed E-state index contributed by atoms with van der Waals surface area (Å²) in [5.41, 5.74) is 0. The third-order valence-corrected chi connectivity index (χ3v) is 3.14. The van der Waals surface area contributed by atoms with Gasteiger partial charge in [0.1, 0.15) is 0 Å². The van der Waals surface area contributed by atoms with Gasteiger partial charge in [-0.3, -0.25) is 0 Å². The van der Waals surface area contributed by atoms with Crippen LogP contribution < -0.4 is 5.32 Å². The highest BCUT2D eigenvalue weighted by Crippen LogP contribution is 2.22. The lowest BCUT2D eigenvalue weighted by molar-refractivity contribution is 0.125. The minimum atomic E-state index is 0.686. The van der Waals surface area contributed by atoms with Gasteiger partial charge in [-0.1, -0.05) is 20.3 Å². The van der Waals surface area contributed by atoms with Crippen molar-refractivity contribution >= 4 is 0 Å². The van der Waals surface area contributed by atoms with Crippen molar-refractivity contribution < 1.29 is 4.74 Å². The quantitative estimate of drug-likeness (QED) is 0.648. The first kappa shape index (κ1) is 12.0. The monoisotopic (exact) mass is 199 g/mol. The van der Waals surface area contributed by atoms with Crippen LogP contribution in [0.4, 0.5) is 0 Å². The van der Waals surface area contributed by atoms with Crippen LogP contribution in [0, 0.1) is 11.8 Å². The maximum absolute atomic E-state index is 5.23. The van der Waals surface area contributed by atoms with E-state index in [0.717, 1.165) is 18.6 Å². The van der Waals surface area contributed by atoms with Gasteiger partial charge in [0, 0.05) is 19.8 Å². The van der Waals surface area contributed by atoms with Gasteiger partial charge in [0.05, 0.1) is 0 Å². The van der Waals surface area contributed by atoms with Crippen LogP contribution in [0.1, 0.15) is 39.5 Å². The van der Waals surface area contributed by atoms with E-state index in [2.05, 4.69) is 19.2 Å². The molecule has 0 bridgehead atoms. The lowest BCUT2D eigenvalue weighted by atomic mass is 9.90. The van der Waals surface area contributed by atoms with E-state index >= 15 is 0 Å². The van der Waals surface area contributed by atoms with E-state index in [9.17, 15) is 0 Å². The van der Waals surface area contributed by atoms with Gasteiger partial charge in [-0.15, -0.1) is 0 Å². The zero-order valence-corrected chi connectivity index (χ0v) is 9.88. The Labute approximate surface area is 88.4 Å². The van der Waals surface area contributed by atoms with Gasteiger partial charge in [-0.05, 0) is 37.6 Å². The largest absolute Gasteiger partial charge is 0.384 e. The zero-order chi connectivity index (χ0) is 10.4. The van der Waals surface area contributed by atoms with Crippen LogP contribution in [0.15, 0.2) is 0 Å². The normalized spacial score (nSPS) is 20.8. The third kappa shape index (κ3) is 4.43. The second-order valence-electron chi connectivity index (χ2n) is 4.66. The molecule has 1 rings (SSSR count). The van der Waals surface area contributed by atoms with Gasteiger partial charge in [0.2, 0.25) is 0 Å². The minimum absolute atomic E-state index is 0.686. The van der Waals surface area contributed by atoms with Gasteiger partial charge in [-0.2, -0.15) is 0 Å². The first-order valence-electron chi connectivity index (χ1n) is 6.00. The standard InChI is InChI=1S/C12H25NO/c1-4-5-11(10(2)9-14-3)8-13-12-6-7-12/h10-13H,4-9H2,1-3H3. The first-order valence-corrected chi connectivity index (χ1v) is 6.00. The Morgan fingerprint density at radius 3 is 2.64 bits per heavy atom. The van der Waals surface area contributed by atoms with E-state index in [-0.39, 0.29) is 0 Å². The topological polar surface area (TPSA) is 21.3 Å². The molecule has 1 aliphatic carbocycles. The molecule has 0 spiro atoms. The fourth-order valence-corrected chi connectivity index (χ4v) is 1.96. The van der Waals surface area contributed by atoms with Crippen LogP contribution in [0.25, 0.3) is 0 Å². The predicted molar refractivity (Wildman–Crippen MR) is 60.5 cm³/mol. The van der Waals surface area contributed by atoms with Gasteiger partial charge < -0.3 is 10.1 Å². The molecule has 14 heavy (non-hydrogen) atoms. The summed E-state index contributed by atoms with van der Waals surface area (Å²) in [6.45, 7) is 6.65. The van der Waals surface area contributed by atoms with Crippen molar-refractivity contribution in [3.8, 4) is 0 Å². The Morgan fingerprint density at radius 1 is 1.43 bits per heavy atom. The average Bonchev–Trinajstić information content (AvgIpc) is 2.96. The van der Waals surface area contributed by atoms with Crippen molar-refractivity contribution in [2.75, 3.05) is 20.3 Å². The number of hydrogen-bond donors (Lipinski definition) is 1. The Balaban J connectivity index is 2.20. The summed E-state index contributed by atoms with van der Waals surface area (Å²) in [4.78, 5) is 0. The third-order valence-electron chi connectivity index (χ3n) is 3.14. The molecule has 2 unspecified atom stereocenters. The lowest BCUT2D eigenvalue weighted by Crippen LogP contribution is -2.30. The lowest BCUT2D eigenvalue weighted by Gasteiger charge is -2.23. The second kappa shape index (κ2) is 6.41. The Hall–Kier alpha value is -0.0800. The van der Waals surface area contributed by atoms with Crippen LogP contribution >= 0.6 is 0 Å². The highest BCUT2D eigenvalue weighted by Gasteiger charge is 2.23. The fourth-order valence-electron chi connectivity index (χ4n) is 1.96. The molecule has 2 atom stereocenters. The summed E-state index contributed by atoms with van der Waals surface area (Å²) in [6, 6.07) is 0.837. The molecule has 1 fully saturated rings. The van der Waals surface area contributed by atoms with Crippen molar-refractivity contribution in [2.45, 2.75) is 45.6 Å². The molecule has 0 aliphatic heterocycles. The zero-order valence-electron chi connectivity index (χ0n) is 9.88. The molecule has 1 N–H and O–H groups in total. The average molecular weight is 199 g/mol. The minimum Gasteiger partial charge on any atom is -0.384 e. The fraction of sp³-hybridized carbons (Fsp3) is 1.00. The van der Waals surface area contributed by atoms with Crippen molar-refractivity contribution in [2.24, 2.45) is 11.8 Å². The molecule has 0 aromatic carbocycles. The SMILES string of the molecule is CCCC(CNC1CC1)C(C)COC. The molecule has 0 radical (unpaired) electrons. The van der Waals surface area contributed by atoms with Crippen molar-refractivity contribution in [1.29, 1.82) is 0 Å². The van der Waals surface area contributed by atoms with Crippen LogP contribution in [0.2, 0.25) is 0 Å². The highest BCUT2D eigenvalue weighted by atomic mass is 16.5. The van der Waals surface area contributed by atoms with E-state index in [4.69, 9.17) is 4.74 Å². The van der Waals surface area contributed by atoms with Gasteiger partial charge >= 0.3 is 0 Å². The molecular weight excluding hydrogens is 174 g/mol. The number of rotatable bonds is 8. The summed E-state index contributed by atoms with van der Waals surface area (Å²) < 4.78 is 5.23. The van der Waals surface area contributed by atoms with E-state index in [1.54, 1.807) is 7.11 Å².